The van der Waals surface area contributed by atoms with Gasteiger partial charge in [0.05, 0.1) is 4.90 Å². The zero-order valence-electron chi connectivity index (χ0n) is 13.8. The third-order valence-electron chi connectivity index (χ3n) is 3.97. The highest BCUT2D eigenvalue weighted by molar-refractivity contribution is 7.89. The molecule has 0 saturated carbocycles. The molecule has 1 aliphatic heterocycles. The summed E-state index contributed by atoms with van der Waals surface area (Å²) in [4.78, 5) is 17.6. The highest BCUT2D eigenvalue weighted by Gasteiger charge is 2.27. The van der Waals surface area contributed by atoms with Crippen molar-refractivity contribution >= 4 is 27.4 Å². The van der Waals surface area contributed by atoms with Crippen molar-refractivity contribution in [3.05, 3.63) is 48.7 Å². The zero-order chi connectivity index (χ0) is 17.9. The van der Waals surface area contributed by atoms with Crippen molar-refractivity contribution < 1.29 is 13.2 Å². The summed E-state index contributed by atoms with van der Waals surface area (Å²) >= 11 is 0. The summed E-state index contributed by atoms with van der Waals surface area (Å²) < 4.78 is 27.8. The molecule has 3 rings (SSSR count). The molecular weight excluding hydrogens is 340 g/mol. The number of nitrogens with one attached hydrogen (secondary N) is 2. The van der Waals surface area contributed by atoms with Gasteiger partial charge in [-0.3, -0.25) is 4.79 Å². The summed E-state index contributed by atoms with van der Waals surface area (Å²) in [6.45, 7) is 2.74. The van der Waals surface area contributed by atoms with Crippen molar-refractivity contribution in [2.24, 2.45) is 0 Å². The minimum Gasteiger partial charge on any atom is -0.355 e. The molecule has 1 atom stereocenters. The summed E-state index contributed by atoms with van der Waals surface area (Å²) in [5.41, 5.74) is 0.564. The van der Waals surface area contributed by atoms with E-state index >= 15 is 0 Å². The zero-order valence-corrected chi connectivity index (χ0v) is 14.7. The Morgan fingerprint density at radius 1 is 1.20 bits per heavy atom. The summed E-state index contributed by atoms with van der Waals surface area (Å²) in [5, 5.41) is 2.61. The quantitative estimate of drug-likeness (QED) is 0.845. The van der Waals surface area contributed by atoms with Crippen LogP contribution in [0.3, 0.4) is 0 Å². The van der Waals surface area contributed by atoms with Gasteiger partial charge in [-0.1, -0.05) is 6.07 Å². The number of benzene rings is 1. The minimum absolute atomic E-state index is 0.165. The Morgan fingerprint density at radius 2 is 1.96 bits per heavy atom. The van der Waals surface area contributed by atoms with Gasteiger partial charge in [0, 0.05) is 37.9 Å². The maximum Gasteiger partial charge on any atom is 0.240 e. The molecular formula is C17H20N4O3S. The van der Waals surface area contributed by atoms with Crippen molar-refractivity contribution in [2.75, 3.05) is 23.3 Å². The van der Waals surface area contributed by atoms with Crippen molar-refractivity contribution in [3.63, 3.8) is 0 Å². The smallest absolute Gasteiger partial charge is 0.240 e. The molecule has 2 heterocycles. The van der Waals surface area contributed by atoms with E-state index in [0.717, 1.165) is 18.8 Å². The van der Waals surface area contributed by atoms with Gasteiger partial charge in [-0.05, 0) is 42.8 Å². The van der Waals surface area contributed by atoms with Crippen LogP contribution in [0.4, 0.5) is 11.5 Å². The summed E-state index contributed by atoms with van der Waals surface area (Å²) in [6, 6.07) is 11.6. The van der Waals surface area contributed by atoms with Gasteiger partial charge in [0.25, 0.3) is 0 Å². The Morgan fingerprint density at radius 3 is 2.60 bits per heavy atom. The molecule has 1 aromatic carbocycles. The number of rotatable bonds is 5. The van der Waals surface area contributed by atoms with E-state index in [1.165, 1.54) is 19.1 Å². The molecule has 25 heavy (non-hydrogen) atoms. The monoisotopic (exact) mass is 360 g/mol. The molecule has 1 amide bonds. The Labute approximate surface area is 147 Å². The molecule has 0 radical (unpaired) electrons. The van der Waals surface area contributed by atoms with Crippen molar-refractivity contribution in [1.29, 1.82) is 0 Å². The lowest BCUT2D eigenvalue weighted by Crippen LogP contribution is -2.37. The highest BCUT2D eigenvalue weighted by atomic mass is 32.2. The number of hydrogen-bond acceptors (Lipinski definition) is 5. The molecule has 0 bridgehead atoms. The van der Waals surface area contributed by atoms with E-state index in [-0.39, 0.29) is 16.8 Å². The number of nitrogens with zero attached hydrogens (tertiary/aromatic N) is 2. The van der Waals surface area contributed by atoms with E-state index in [9.17, 15) is 13.2 Å². The maximum atomic E-state index is 12.5. The number of aromatic nitrogens is 1. The largest absolute Gasteiger partial charge is 0.355 e. The van der Waals surface area contributed by atoms with Crippen LogP contribution >= 0.6 is 0 Å². The van der Waals surface area contributed by atoms with Gasteiger partial charge in [-0.2, -0.15) is 0 Å². The second kappa shape index (κ2) is 7.20. The van der Waals surface area contributed by atoms with Crippen LogP contribution in [0.5, 0.6) is 0 Å². The van der Waals surface area contributed by atoms with Gasteiger partial charge in [-0.25, -0.2) is 18.1 Å². The number of hydrogen-bond donors (Lipinski definition) is 2. The molecule has 1 unspecified atom stereocenters. The topological polar surface area (TPSA) is 91.4 Å². The van der Waals surface area contributed by atoms with Crippen LogP contribution in [0.1, 0.15) is 13.3 Å². The van der Waals surface area contributed by atoms with E-state index in [1.807, 2.05) is 18.2 Å². The maximum absolute atomic E-state index is 12.5. The molecule has 0 aliphatic carbocycles. The lowest BCUT2D eigenvalue weighted by molar-refractivity contribution is -0.114. The molecule has 8 heteroatoms. The van der Waals surface area contributed by atoms with Crippen molar-refractivity contribution in [2.45, 2.75) is 24.3 Å². The second-order valence-electron chi connectivity index (χ2n) is 5.95. The fourth-order valence-corrected chi connectivity index (χ4v) is 4.08. The minimum atomic E-state index is -3.60. The Balaban J connectivity index is 1.65. The van der Waals surface area contributed by atoms with Gasteiger partial charge in [0.15, 0.2) is 0 Å². The van der Waals surface area contributed by atoms with Crippen LogP contribution in [0.2, 0.25) is 0 Å². The van der Waals surface area contributed by atoms with Gasteiger partial charge < -0.3 is 10.2 Å². The molecule has 0 spiro atoms. The van der Waals surface area contributed by atoms with Crippen LogP contribution < -0.4 is 14.9 Å². The molecule has 2 aromatic rings. The first kappa shape index (κ1) is 17.4. The number of amides is 1. The standard InChI is InChI=1S/C17H20N4O3S/c1-13(22)19-14-5-7-16(8-6-14)25(23,24)20-15-9-11-21(12-15)17-4-2-3-10-18-17/h2-8,10,15,20H,9,11-12H2,1H3,(H,19,22). The third-order valence-corrected chi connectivity index (χ3v) is 5.50. The molecule has 1 aliphatic rings. The summed E-state index contributed by atoms with van der Waals surface area (Å²) in [5.74, 6) is 0.651. The van der Waals surface area contributed by atoms with Crippen molar-refractivity contribution in [1.82, 2.24) is 9.71 Å². The number of carbonyl (C=O) groups is 1. The lowest BCUT2D eigenvalue weighted by atomic mass is 10.3. The molecule has 1 aromatic heterocycles. The fraction of sp³-hybridized carbons (Fsp3) is 0.294. The summed E-state index contributed by atoms with van der Waals surface area (Å²) in [6.07, 6.45) is 2.45. The number of pyridine rings is 1. The van der Waals surface area contributed by atoms with Gasteiger partial charge in [-0.15, -0.1) is 0 Å². The first-order valence-electron chi connectivity index (χ1n) is 8.00. The van der Waals surface area contributed by atoms with E-state index in [2.05, 4.69) is 19.9 Å². The predicted molar refractivity (Wildman–Crippen MR) is 95.9 cm³/mol. The molecule has 2 N–H and O–H groups in total. The van der Waals surface area contributed by atoms with Crippen LogP contribution in [-0.4, -0.2) is 38.4 Å². The Kier molecular flexibility index (Phi) is 5.00. The fourth-order valence-electron chi connectivity index (χ4n) is 2.81. The SMILES string of the molecule is CC(=O)Nc1ccc(S(=O)(=O)NC2CCN(c3ccccn3)C2)cc1. The summed E-state index contributed by atoms with van der Waals surface area (Å²) in [7, 11) is -3.60. The first-order chi connectivity index (χ1) is 11.9. The lowest BCUT2D eigenvalue weighted by Gasteiger charge is -2.17. The van der Waals surface area contributed by atoms with Crippen LogP contribution in [0.15, 0.2) is 53.6 Å². The average molecular weight is 360 g/mol. The van der Waals surface area contributed by atoms with E-state index in [4.69, 9.17) is 0 Å². The molecule has 132 valence electrons. The second-order valence-corrected chi connectivity index (χ2v) is 7.66. The van der Waals surface area contributed by atoms with Gasteiger partial charge >= 0.3 is 0 Å². The average Bonchev–Trinajstić information content (AvgIpc) is 3.03. The van der Waals surface area contributed by atoms with E-state index in [0.29, 0.717) is 12.2 Å². The third kappa shape index (κ3) is 4.34. The highest BCUT2D eigenvalue weighted by Crippen LogP contribution is 2.20. The molecule has 1 fully saturated rings. The number of sulfonamides is 1. The van der Waals surface area contributed by atoms with Crippen molar-refractivity contribution in [3.8, 4) is 0 Å². The van der Waals surface area contributed by atoms with E-state index in [1.54, 1.807) is 18.3 Å². The Hall–Kier alpha value is -2.45. The van der Waals surface area contributed by atoms with Gasteiger partial charge in [0.2, 0.25) is 15.9 Å². The van der Waals surface area contributed by atoms with E-state index < -0.39 is 10.0 Å². The van der Waals surface area contributed by atoms with Crippen LogP contribution in [-0.2, 0) is 14.8 Å². The molecule has 7 nitrogen and oxygen atoms in total. The number of anilines is 2. The van der Waals surface area contributed by atoms with Gasteiger partial charge in [0.1, 0.15) is 5.82 Å². The van der Waals surface area contributed by atoms with Crippen LogP contribution in [0.25, 0.3) is 0 Å². The first-order valence-corrected chi connectivity index (χ1v) is 9.48. The number of carbonyl (C=O) groups excluding carboxylic acids is 1. The normalized spacial score (nSPS) is 17.5. The predicted octanol–water partition coefficient (Wildman–Crippen LogP) is 1.60. The Bertz CT molecular complexity index is 838. The van der Waals surface area contributed by atoms with Crippen LogP contribution in [0, 0.1) is 0 Å². The molecule has 1 saturated heterocycles.